The monoisotopic (exact) mass is 269 g/mol. The average Bonchev–Trinajstić information content (AvgIpc) is 2.81. The third-order valence-electron chi connectivity index (χ3n) is 3.11. The molecular weight excluding hydrogens is 250 g/mol. The number of aryl methyl sites for hydroxylation is 1. The van der Waals surface area contributed by atoms with Crippen molar-refractivity contribution in [2.75, 3.05) is 5.32 Å². The lowest BCUT2D eigenvalue weighted by molar-refractivity contribution is 0.347. The zero-order valence-electron chi connectivity index (χ0n) is 12.3. The predicted molar refractivity (Wildman–Crippen MR) is 78.0 cm³/mol. The molecule has 2 aromatic heterocycles. The van der Waals surface area contributed by atoms with Crippen LogP contribution in [0.5, 0.6) is 0 Å². The van der Waals surface area contributed by atoms with Gasteiger partial charge in [-0.05, 0) is 17.5 Å². The normalized spacial score (nSPS) is 12.8. The van der Waals surface area contributed by atoms with Gasteiger partial charge in [-0.15, -0.1) is 0 Å². The first kappa shape index (κ1) is 14.1. The van der Waals surface area contributed by atoms with Crippen LogP contribution in [0.25, 0.3) is 0 Å². The Morgan fingerprint density at radius 2 is 2.05 bits per heavy atom. The average molecular weight is 269 g/mol. The molecule has 0 aliphatic heterocycles. The van der Waals surface area contributed by atoms with Crippen LogP contribution in [0.4, 0.5) is 5.82 Å². The molecule has 0 fully saturated rings. The molecule has 0 radical (unpaired) electrons. The van der Waals surface area contributed by atoms with Gasteiger partial charge in [0.25, 0.3) is 0 Å². The summed E-state index contributed by atoms with van der Waals surface area (Å²) >= 11 is 0. The number of pyridine rings is 1. The van der Waals surface area contributed by atoms with Gasteiger partial charge >= 0.3 is 0 Å². The molecule has 2 aromatic rings. The maximum Gasteiger partial charge on any atom is 0.126 e. The van der Waals surface area contributed by atoms with Crippen LogP contribution in [0.2, 0.25) is 0 Å². The topological polar surface area (TPSA) is 66.5 Å². The Bertz CT molecular complexity index is 613. The molecule has 0 aliphatic carbocycles. The Labute approximate surface area is 119 Å². The number of aromatic nitrogens is 3. The van der Waals surface area contributed by atoms with Crippen LogP contribution in [0.15, 0.2) is 30.7 Å². The van der Waals surface area contributed by atoms with Gasteiger partial charge in [0.15, 0.2) is 0 Å². The van der Waals surface area contributed by atoms with Gasteiger partial charge in [0.05, 0.1) is 17.8 Å². The van der Waals surface area contributed by atoms with E-state index >= 15 is 0 Å². The Balaban J connectivity index is 2.26. The van der Waals surface area contributed by atoms with Crippen LogP contribution in [0.1, 0.15) is 37.9 Å². The number of hydrogen-bond acceptors (Lipinski definition) is 4. The minimum atomic E-state index is 0.0125. The summed E-state index contributed by atoms with van der Waals surface area (Å²) in [4.78, 5) is 4.27. The van der Waals surface area contributed by atoms with Crippen molar-refractivity contribution in [2.45, 2.75) is 26.8 Å². The van der Waals surface area contributed by atoms with Gasteiger partial charge in [-0.3, -0.25) is 4.68 Å². The molecule has 104 valence electrons. The summed E-state index contributed by atoms with van der Waals surface area (Å²) < 4.78 is 1.79. The molecule has 0 spiro atoms. The largest absolute Gasteiger partial charge is 0.363 e. The standard InChI is InChI=1S/C15H19N5/c1-15(2,3)14(12-9-18-20(4)10-12)19-13-6-5-11(7-16)8-17-13/h5-6,8-10,14H,1-4H3,(H,17,19)/t14-/m0/s1. The summed E-state index contributed by atoms with van der Waals surface area (Å²) in [5, 5.41) is 16.5. The molecule has 0 amide bonds. The Kier molecular flexibility index (Phi) is 3.75. The minimum absolute atomic E-state index is 0.0125. The van der Waals surface area contributed by atoms with Crippen molar-refractivity contribution in [1.29, 1.82) is 5.26 Å². The highest BCUT2D eigenvalue weighted by molar-refractivity contribution is 5.41. The lowest BCUT2D eigenvalue weighted by Gasteiger charge is -2.31. The first-order valence-corrected chi connectivity index (χ1v) is 6.51. The fourth-order valence-electron chi connectivity index (χ4n) is 2.08. The van der Waals surface area contributed by atoms with Crippen molar-refractivity contribution < 1.29 is 0 Å². The second-order valence-corrected chi connectivity index (χ2v) is 5.93. The van der Waals surface area contributed by atoms with Crippen LogP contribution >= 0.6 is 0 Å². The molecule has 0 aromatic carbocycles. The van der Waals surface area contributed by atoms with Crippen molar-refractivity contribution in [1.82, 2.24) is 14.8 Å². The highest BCUT2D eigenvalue weighted by atomic mass is 15.2. The summed E-state index contributed by atoms with van der Waals surface area (Å²) in [6, 6.07) is 5.75. The number of hydrogen-bond donors (Lipinski definition) is 1. The Morgan fingerprint density at radius 3 is 2.50 bits per heavy atom. The van der Waals surface area contributed by atoms with Gasteiger partial charge in [-0.25, -0.2) is 4.98 Å². The molecule has 0 unspecified atom stereocenters. The molecule has 2 heterocycles. The molecular formula is C15H19N5. The molecule has 1 N–H and O–H groups in total. The van der Waals surface area contributed by atoms with Crippen LogP contribution in [0, 0.1) is 16.7 Å². The molecule has 20 heavy (non-hydrogen) atoms. The second-order valence-electron chi connectivity index (χ2n) is 5.93. The smallest absolute Gasteiger partial charge is 0.126 e. The quantitative estimate of drug-likeness (QED) is 0.930. The van der Waals surface area contributed by atoms with Gasteiger partial charge in [0, 0.05) is 25.0 Å². The fourth-order valence-corrected chi connectivity index (χ4v) is 2.08. The van der Waals surface area contributed by atoms with Gasteiger partial charge in [-0.2, -0.15) is 10.4 Å². The Morgan fingerprint density at radius 1 is 1.30 bits per heavy atom. The van der Waals surface area contributed by atoms with Crippen LogP contribution in [0.3, 0.4) is 0 Å². The van der Waals surface area contributed by atoms with E-state index in [1.165, 1.54) is 0 Å². The van der Waals surface area contributed by atoms with Gasteiger partial charge in [-0.1, -0.05) is 20.8 Å². The van der Waals surface area contributed by atoms with Crippen LogP contribution < -0.4 is 5.32 Å². The lowest BCUT2D eigenvalue weighted by atomic mass is 9.83. The highest BCUT2D eigenvalue weighted by Crippen LogP contribution is 2.35. The van der Waals surface area contributed by atoms with Crippen molar-refractivity contribution in [3.05, 3.63) is 41.9 Å². The molecule has 0 bridgehead atoms. The second kappa shape index (κ2) is 5.33. The first-order valence-electron chi connectivity index (χ1n) is 6.51. The number of nitrogens with zero attached hydrogens (tertiary/aromatic N) is 4. The van der Waals surface area contributed by atoms with E-state index in [0.29, 0.717) is 5.56 Å². The van der Waals surface area contributed by atoms with E-state index in [4.69, 9.17) is 5.26 Å². The van der Waals surface area contributed by atoms with E-state index in [2.05, 4.69) is 42.2 Å². The van der Waals surface area contributed by atoms with E-state index in [1.54, 1.807) is 16.9 Å². The van der Waals surface area contributed by atoms with E-state index in [1.807, 2.05) is 25.5 Å². The summed E-state index contributed by atoms with van der Waals surface area (Å²) in [7, 11) is 1.91. The van der Waals surface area contributed by atoms with E-state index < -0.39 is 0 Å². The summed E-state index contributed by atoms with van der Waals surface area (Å²) in [5.74, 6) is 0.757. The molecule has 0 aliphatic rings. The molecule has 5 nitrogen and oxygen atoms in total. The maximum atomic E-state index is 8.80. The zero-order valence-corrected chi connectivity index (χ0v) is 12.3. The molecule has 5 heteroatoms. The predicted octanol–water partition coefficient (Wildman–Crippen LogP) is 2.89. The molecule has 2 rings (SSSR count). The van der Waals surface area contributed by atoms with Crippen molar-refractivity contribution in [3.63, 3.8) is 0 Å². The summed E-state index contributed by atoms with van der Waals surface area (Å²) in [5.41, 5.74) is 1.69. The highest BCUT2D eigenvalue weighted by Gasteiger charge is 2.27. The van der Waals surface area contributed by atoms with Gasteiger partial charge < -0.3 is 5.32 Å². The first-order chi connectivity index (χ1) is 9.40. The van der Waals surface area contributed by atoms with Crippen LogP contribution in [-0.4, -0.2) is 14.8 Å². The third-order valence-corrected chi connectivity index (χ3v) is 3.11. The number of nitriles is 1. The molecule has 0 saturated heterocycles. The van der Waals surface area contributed by atoms with E-state index in [9.17, 15) is 0 Å². The van der Waals surface area contributed by atoms with Gasteiger partial charge in [0.2, 0.25) is 0 Å². The number of anilines is 1. The van der Waals surface area contributed by atoms with Gasteiger partial charge in [0.1, 0.15) is 11.9 Å². The molecule has 1 atom stereocenters. The fraction of sp³-hybridized carbons (Fsp3) is 0.400. The summed E-state index contributed by atoms with van der Waals surface area (Å²) in [6.45, 7) is 6.50. The SMILES string of the molecule is Cn1cc([C@H](Nc2ccc(C#N)cn2)C(C)(C)C)cn1. The molecule has 0 saturated carbocycles. The lowest BCUT2D eigenvalue weighted by Crippen LogP contribution is -2.25. The van der Waals surface area contributed by atoms with E-state index in [-0.39, 0.29) is 11.5 Å². The third kappa shape index (κ3) is 3.15. The Hall–Kier alpha value is -2.35. The minimum Gasteiger partial charge on any atom is -0.363 e. The van der Waals surface area contributed by atoms with E-state index in [0.717, 1.165) is 11.4 Å². The maximum absolute atomic E-state index is 8.80. The summed E-state index contributed by atoms with van der Waals surface area (Å²) in [6.07, 6.45) is 5.45. The number of rotatable bonds is 3. The van der Waals surface area contributed by atoms with Crippen molar-refractivity contribution in [2.24, 2.45) is 12.5 Å². The zero-order chi connectivity index (χ0) is 14.8. The number of nitrogens with one attached hydrogen (secondary N) is 1. The van der Waals surface area contributed by atoms with Crippen LogP contribution in [-0.2, 0) is 7.05 Å². The van der Waals surface area contributed by atoms with Crippen molar-refractivity contribution in [3.8, 4) is 6.07 Å². The van der Waals surface area contributed by atoms with Crippen molar-refractivity contribution >= 4 is 5.82 Å².